The van der Waals surface area contributed by atoms with Crippen LogP contribution in [0.4, 0.5) is 0 Å². The van der Waals surface area contributed by atoms with Crippen molar-refractivity contribution in [3.8, 4) is 17.0 Å². The summed E-state index contributed by atoms with van der Waals surface area (Å²) in [5, 5.41) is 9.76. The van der Waals surface area contributed by atoms with Crippen molar-refractivity contribution < 1.29 is 14.3 Å². The number of aryl methyl sites for hydroxylation is 1. The van der Waals surface area contributed by atoms with Crippen LogP contribution in [-0.2, 0) is 0 Å². The van der Waals surface area contributed by atoms with E-state index in [1.54, 1.807) is 26.4 Å². The third kappa shape index (κ3) is 4.32. The van der Waals surface area contributed by atoms with Gasteiger partial charge in [-0.15, -0.1) is 0 Å². The number of benzene rings is 1. The van der Waals surface area contributed by atoms with E-state index in [0.717, 1.165) is 30.0 Å². The Kier molecular flexibility index (Phi) is 6.16. The van der Waals surface area contributed by atoms with E-state index >= 15 is 0 Å². The van der Waals surface area contributed by atoms with Crippen molar-refractivity contribution in [3.05, 3.63) is 59.3 Å². The second-order valence-electron chi connectivity index (χ2n) is 7.77. The normalized spacial score (nSPS) is 14.3. The molecule has 1 aromatic carbocycles. The van der Waals surface area contributed by atoms with Crippen LogP contribution in [0.2, 0.25) is 0 Å². The van der Waals surface area contributed by atoms with Gasteiger partial charge in [0.2, 0.25) is 0 Å². The second kappa shape index (κ2) is 9.17. The highest BCUT2D eigenvalue weighted by atomic mass is 16.5. The summed E-state index contributed by atoms with van der Waals surface area (Å²) in [6, 6.07) is 9.33. The lowest BCUT2D eigenvalue weighted by molar-refractivity contribution is 0.0704. The van der Waals surface area contributed by atoms with Gasteiger partial charge in [0.1, 0.15) is 17.3 Å². The lowest BCUT2D eigenvalue weighted by Gasteiger charge is -2.31. The number of ether oxygens (including phenoxy) is 1. The second-order valence-corrected chi connectivity index (χ2v) is 7.77. The molecule has 4 rings (SSSR count). The van der Waals surface area contributed by atoms with Crippen LogP contribution in [0, 0.1) is 6.92 Å². The molecule has 9 heteroatoms. The molecule has 0 unspecified atom stereocenters. The number of rotatable bonds is 5. The number of amides is 2. The standard InChI is InChI=1S/C23H26N6O3/c1-14-18(22(30)24-2)13-25-21(26-14)15-7-9-29(10-8-15)23(31)20-12-19(27-28-20)16-5-4-6-17(11-16)32-3/h4-6,11-13,15H,7-10H2,1-3H3,(H,24,30)(H,27,28). The van der Waals surface area contributed by atoms with Gasteiger partial charge in [0, 0.05) is 37.8 Å². The van der Waals surface area contributed by atoms with Gasteiger partial charge in [-0.3, -0.25) is 14.7 Å². The van der Waals surface area contributed by atoms with Gasteiger partial charge in [-0.25, -0.2) is 9.97 Å². The van der Waals surface area contributed by atoms with Crippen molar-refractivity contribution in [1.82, 2.24) is 30.4 Å². The first-order chi connectivity index (χ1) is 15.5. The molecule has 32 heavy (non-hydrogen) atoms. The number of likely N-dealkylation sites (tertiary alicyclic amines) is 1. The first kappa shape index (κ1) is 21.5. The highest BCUT2D eigenvalue weighted by molar-refractivity contribution is 5.94. The van der Waals surface area contributed by atoms with E-state index in [4.69, 9.17) is 4.74 Å². The monoisotopic (exact) mass is 434 g/mol. The van der Waals surface area contributed by atoms with Gasteiger partial charge in [0.25, 0.3) is 11.8 Å². The van der Waals surface area contributed by atoms with E-state index in [-0.39, 0.29) is 17.7 Å². The smallest absolute Gasteiger partial charge is 0.271 e. The fourth-order valence-corrected chi connectivity index (χ4v) is 3.91. The third-order valence-corrected chi connectivity index (χ3v) is 5.79. The number of H-pyrrole nitrogens is 1. The highest BCUT2D eigenvalue weighted by Gasteiger charge is 2.27. The Balaban J connectivity index is 1.40. The number of nitrogens with one attached hydrogen (secondary N) is 2. The average Bonchev–Trinajstić information content (AvgIpc) is 3.33. The molecule has 3 heterocycles. The summed E-state index contributed by atoms with van der Waals surface area (Å²) in [7, 11) is 3.20. The zero-order valence-electron chi connectivity index (χ0n) is 18.4. The molecule has 0 atom stereocenters. The molecule has 0 radical (unpaired) electrons. The molecule has 1 saturated heterocycles. The van der Waals surface area contributed by atoms with Gasteiger partial charge in [-0.05, 0) is 38.0 Å². The topological polar surface area (TPSA) is 113 Å². The van der Waals surface area contributed by atoms with Crippen molar-refractivity contribution in [2.75, 3.05) is 27.2 Å². The van der Waals surface area contributed by atoms with Gasteiger partial charge >= 0.3 is 0 Å². The van der Waals surface area contributed by atoms with Gasteiger partial charge < -0.3 is 15.0 Å². The van der Waals surface area contributed by atoms with Crippen LogP contribution in [0.1, 0.15) is 51.1 Å². The molecular formula is C23H26N6O3. The number of hydrogen-bond donors (Lipinski definition) is 2. The minimum absolute atomic E-state index is 0.0721. The predicted octanol–water partition coefficient (Wildman–Crippen LogP) is 2.56. The quantitative estimate of drug-likeness (QED) is 0.638. The number of piperidine rings is 1. The van der Waals surface area contributed by atoms with Crippen molar-refractivity contribution in [2.24, 2.45) is 0 Å². The van der Waals surface area contributed by atoms with Crippen LogP contribution in [-0.4, -0.2) is 64.1 Å². The van der Waals surface area contributed by atoms with Crippen molar-refractivity contribution in [3.63, 3.8) is 0 Å². The number of carbonyl (C=O) groups excluding carboxylic acids is 2. The van der Waals surface area contributed by atoms with Crippen LogP contribution in [0.15, 0.2) is 36.5 Å². The predicted molar refractivity (Wildman–Crippen MR) is 119 cm³/mol. The number of nitrogens with zero attached hydrogens (tertiary/aromatic N) is 4. The highest BCUT2D eigenvalue weighted by Crippen LogP contribution is 2.28. The first-order valence-corrected chi connectivity index (χ1v) is 10.5. The Hall–Kier alpha value is -3.75. The molecule has 3 aromatic rings. The average molecular weight is 435 g/mol. The molecular weight excluding hydrogens is 408 g/mol. The molecule has 1 aliphatic rings. The first-order valence-electron chi connectivity index (χ1n) is 10.5. The SMILES string of the molecule is CNC(=O)c1cnc(C2CCN(C(=O)c3cc(-c4cccc(OC)c4)n[nH]3)CC2)nc1C. The van der Waals surface area contributed by atoms with Crippen LogP contribution in [0.25, 0.3) is 11.3 Å². The van der Waals surface area contributed by atoms with Crippen LogP contribution < -0.4 is 10.1 Å². The van der Waals surface area contributed by atoms with E-state index in [2.05, 4.69) is 25.5 Å². The van der Waals surface area contributed by atoms with Crippen LogP contribution in [0.5, 0.6) is 5.75 Å². The van der Waals surface area contributed by atoms with E-state index in [1.807, 2.05) is 36.1 Å². The summed E-state index contributed by atoms with van der Waals surface area (Å²) in [5.41, 5.74) is 3.18. The number of carbonyl (C=O) groups is 2. The lowest BCUT2D eigenvalue weighted by Crippen LogP contribution is -2.38. The Morgan fingerprint density at radius 3 is 2.69 bits per heavy atom. The molecule has 2 aromatic heterocycles. The third-order valence-electron chi connectivity index (χ3n) is 5.79. The van der Waals surface area contributed by atoms with Crippen molar-refractivity contribution >= 4 is 11.8 Å². The number of hydrogen-bond acceptors (Lipinski definition) is 6. The molecule has 9 nitrogen and oxygen atoms in total. The van der Waals surface area contributed by atoms with Gasteiger partial charge in [0.05, 0.1) is 24.1 Å². The Bertz CT molecular complexity index is 1130. The van der Waals surface area contributed by atoms with Gasteiger partial charge in [-0.2, -0.15) is 5.10 Å². The van der Waals surface area contributed by atoms with Gasteiger partial charge in [-0.1, -0.05) is 12.1 Å². The molecule has 0 aliphatic carbocycles. The van der Waals surface area contributed by atoms with Crippen molar-refractivity contribution in [1.29, 1.82) is 0 Å². The van der Waals surface area contributed by atoms with E-state index in [1.165, 1.54) is 0 Å². The largest absolute Gasteiger partial charge is 0.497 e. The summed E-state index contributed by atoms with van der Waals surface area (Å²) < 4.78 is 5.26. The van der Waals surface area contributed by atoms with Crippen molar-refractivity contribution in [2.45, 2.75) is 25.7 Å². The summed E-state index contributed by atoms with van der Waals surface area (Å²) in [4.78, 5) is 35.6. The number of aromatic amines is 1. The fourth-order valence-electron chi connectivity index (χ4n) is 3.91. The molecule has 0 spiro atoms. The summed E-state index contributed by atoms with van der Waals surface area (Å²) in [6.45, 7) is 3.03. The number of aromatic nitrogens is 4. The van der Waals surface area contributed by atoms with E-state index in [9.17, 15) is 9.59 Å². The van der Waals surface area contributed by atoms with Gasteiger partial charge in [0.15, 0.2) is 0 Å². The van der Waals surface area contributed by atoms with Crippen LogP contribution in [0.3, 0.4) is 0 Å². The zero-order chi connectivity index (χ0) is 22.7. The molecule has 0 bridgehead atoms. The summed E-state index contributed by atoms with van der Waals surface area (Å²) in [6.07, 6.45) is 3.11. The lowest BCUT2D eigenvalue weighted by atomic mass is 9.95. The maximum Gasteiger partial charge on any atom is 0.271 e. The molecule has 166 valence electrons. The summed E-state index contributed by atoms with van der Waals surface area (Å²) >= 11 is 0. The molecule has 2 N–H and O–H groups in total. The molecule has 2 amide bonds. The molecule has 1 fully saturated rings. The zero-order valence-corrected chi connectivity index (χ0v) is 18.4. The Morgan fingerprint density at radius 2 is 2.00 bits per heavy atom. The maximum absolute atomic E-state index is 13.0. The Labute approximate surface area is 186 Å². The Morgan fingerprint density at radius 1 is 1.22 bits per heavy atom. The minimum atomic E-state index is -0.192. The number of methoxy groups -OCH3 is 1. The summed E-state index contributed by atoms with van der Waals surface area (Å²) in [5.74, 6) is 1.36. The van der Waals surface area contributed by atoms with E-state index in [0.29, 0.717) is 35.7 Å². The molecule has 1 aliphatic heterocycles. The molecule has 0 saturated carbocycles. The van der Waals surface area contributed by atoms with Crippen LogP contribution >= 0.6 is 0 Å². The fraction of sp³-hybridized carbons (Fsp3) is 0.348. The minimum Gasteiger partial charge on any atom is -0.497 e. The maximum atomic E-state index is 13.0. The van der Waals surface area contributed by atoms with E-state index < -0.39 is 0 Å².